The molecule has 0 radical (unpaired) electrons. The van der Waals surface area contributed by atoms with Crippen LogP contribution in [0.15, 0.2) is 17.0 Å². The van der Waals surface area contributed by atoms with E-state index in [-0.39, 0.29) is 22.2 Å². The lowest BCUT2D eigenvalue weighted by atomic mass is 10.2. The molecule has 5 nitrogen and oxygen atoms in total. The minimum absolute atomic E-state index is 0.101. The second-order valence-electron chi connectivity index (χ2n) is 5.34. The maximum Gasteiger partial charge on any atom is 0.246 e. The van der Waals surface area contributed by atoms with E-state index in [0.717, 1.165) is 0 Å². The van der Waals surface area contributed by atoms with Gasteiger partial charge in [0.2, 0.25) is 10.0 Å². The number of aryl methyl sites for hydroxylation is 1. The molecule has 7 heteroatoms. The third kappa shape index (κ3) is 2.65. The molecule has 1 aromatic rings. The Morgan fingerprint density at radius 3 is 2.60 bits per heavy atom. The van der Waals surface area contributed by atoms with Gasteiger partial charge in [-0.15, -0.1) is 0 Å². The van der Waals surface area contributed by atoms with Crippen molar-refractivity contribution in [1.29, 1.82) is 0 Å². The molecule has 0 bridgehead atoms. The van der Waals surface area contributed by atoms with E-state index in [9.17, 15) is 12.8 Å². The summed E-state index contributed by atoms with van der Waals surface area (Å²) in [5.74, 6) is -0.717. The molecule has 1 fully saturated rings. The molecule has 0 spiro atoms. The molecule has 1 heterocycles. The number of nitrogens with zero attached hydrogens (tertiary/aromatic N) is 2. The Labute approximate surface area is 119 Å². The van der Waals surface area contributed by atoms with Gasteiger partial charge in [0.15, 0.2) is 0 Å². The van der Waals surface area contributed by atoms with Gasteiger partial charge in [-0.2, -0.15) is 4.31 Å². The Morgan fingerprint density at radius 1 is 1.35 bits per heavy atom. The van der Waals surface area contributed by atoms with Crippen molar-refractivity contribution in [3.8, 4) is 0 Å². The summed E-state index contributed by atoms with van der Waals surface area (Å²) in [5.41, 5.74) is 6.14. The minimum atomic E-state index is -3.84. The molecule has 0 aliphatic carbocycles. The molecular weight excluding hydrogens is 281 g/mol. The zero-order chi connectivity index (χ0) is 15.1. The maximum absolute atomic E-state index is 14.1. The number of likely N-dealkylation sites (N-methyl/N-ethyl adjacent to an activating group) is 1. The van der Waals surface area contributed by atoms with E-state index in [1.807, 2.05) is 14.0 Å². The summed E-state index contributed by atoms with van der Waals surface area (Å²) >= 11 is 0. The number of nitrogens with two attached hydrogens (primary N) is 1. The van der Waals surface area contributed by atoms with Crippen molar-refractivity contribution in [3.63, 3.8) is 0 Å². The topological polar surface area (TPSA) is 66.6 Å². The molecule has 0 saturated carbocycles. The van der Waals surface area contributed by atoms with Crippen molar-refractivity contribution in [2.45, 2.75) is 24.8 Å². The molecule has 1 aliphatic heterocycles. The smallest absolute Gasteiger partial charge is 0.246 e. The van der Waals surface area contributed by atoms with Crippen molar-refractivity contribution in [1.82, 2.24) is 9.21 Å². The van der Waals surface area contributed by atoms with Crippen LogP contribution in [0.5, 0.6) is 0 Å². The summed E-state index contributed by atoms with van der Waals surface area (Å²) in [6.07, 6.45) is 0. The zero-order valence-corrected chi connectivity index (χ0v) is 12.7. The van der Waals surface area contributed by atoms with E-state index < -0.39 is 15.8 Å². The molecule has 1 saturated heterocycles. The highest BCUT2D eigenvalue weighted by Crippen LogP contribution is 2.26. The van der Waals surface area contributed by atoms with Crippen LogP contribution in [0.1, 0.15) is 12.5 Å². The van der Waals surface area contributed by atoms with Gasteiger partial charge in [0.25, 0.3) is 0 Å². The van der Waals surface area contributed by atoms with Crippen LogP contribution in [-0.4, -0.2) is 50.3 Å². The summed E-state index contributed by atoms with van der Waals surface area (Å²) < 4.78 is 40.6. The fourth-order valence-electron chi connectivity index (χ4n) is 2.32. The number of benzene rings is 1. The number of hydrogen-bond donors (Lipinski definition) is 1. The van der Waals surface area contributed by atoms with Crippen molar-refractivity contribution < 1.29 is 12.8 Å². The number of nitrogen functional groups attached to an aromatic ring is 1. The van der Waals surface area contributed by atoms with E-state index >= 15 is 0 Å². The molecule has 112 valence electrons. The first-order valence-corrected chi connectivity index (χ1v) is 7.93. The highest BCUT2D eigenvalue weighted by Gasteiger charge is 2.33. The normalized spacial score (nSPS) is 22.1. The molecule has 1 atom stereocenters. The number of hydrogen-bond acceptors (Lipinski definition) is 4. The van der Waals surface area contributed by atoms with Gasteiger partial charge in [0, 0.05) is 31.4 Å². The van der Waals surface area contributed by atoms with E-state index in [2.05, 4.69) is 4.90 Å². The van der Waals surface area contributed by atoms with Crippen LogP contribution in [-0.2, 0) is 10.0 Å². The van der Waals surface area contributed by atoms with Crippen LogP contribution in [0.25, 0.3) is 0 Å². The van der Waals surface area contributed by atoms with Gasteiger partial charge in [-0.25, -0.2) is 12.8 Å². The number of sulfonamides is 1. The second kappa shape index (κ2) is 5.31. The van der Waals surface area contributed by atoms with E-state index in [1.165, 1.54) is 23.4 Å². The van der Waals surface area contributed by atoms with Crippen molar-refractivity contribution in [2.75, 3.05) is 32.4 Å². The fraction of sp³-hybridized carbons (Fsp3) is 0.538. The van der Waals surface area contributed by atoms with Gasteiger partial charge in [-0.05, 0) is 38.6 Å². The summed E-state index contributed by atoms with van der Waals surface area (Å²) in [5, 5.41) is 0. The Balaban J connectivity index is 2.41. The number of rotatable bonds is 2. The predicted molar refractivity (Wildman–Crippen MR) is 76.4 cm³/mol. The third-order valence-corrected chi connectivity index (χ3v) is 5.65. The lowest BCUT2D eigenvalue weighted by Crippen LogP contribution is -2.52. The van der Waals surface area contributed by atoms with Gasteiger partial charge in [-0.1, -0.05) is 0 Å². The van der Waals surface area contributed by atoms with Crippen LogP contribution in [0.4, 0.5) is 10.1 Å². The number of halogens is 1. The molecule has 1 aliphatic rings. The highest BCUT2D eigenvalue weighted by molar-refractivity contribution is 7.89. The lowest BCUT2D eigenvalue weighted by molar-refractivity contribution is 0.159. The fourth-order valence-corrected chi connectivity index (χ4v) is 4.01. The van der Waals surface area contributed by atoms with E-state index in [4.69, 9.17) is 5.73 Å². The third-order valence-electron chi connectivity index (χ3n) is 3.78. The maximum atomic E-state index is 14.1. The predicted octanol–water partition coefficient (Wildman–Crippen LogP) is 1.04. The quantitative estimate of drug-likeness (QED) is 0.829. The zero-order valence-electron chi connectivity index (χ0n) is 11.9. The highest BCUT2D eigenvalue weighted by atomic mass is 32.2. The van der Waals surface area contributed by atoms with Crippen LogP contribution in [0.2, 0.25) is 0 Å². The van der Waals surface area contributed by atoms with Crippen LogP contribution in [0, 0.1) is 12.7 Å². The Hall–Kier alpha value is -1.18. The second-order valence-corrected chi connectivity index (χ2v) is 7.25. The first-order chi connectivity index (χ1) is 9.23. The van der Waals surface area contributed by atoms with Gasteiger partial charge in [-0.3, -0.25) is 0 Å². The van der Waals surface area contributed by atoms with Gasteiger partial charge in [0.1, 0.15) is 10.7 Å². The number of piperazine rings is 1. The summed E-state index contributed by atoms with van der Waals surface area (Å²) in [6.45, 7) is 4.80. The van der Waals surface area contributed by atoms with Crippen molar-refractivity contribution >= 4 is 15.7 Å². The van der Waals surface area contributed by atoms with Crippen LogP contribution in [0.3, 0.4) is 0 Å². The Bertz CT molecular complexity index is 618. The molecule has 1 aromatic carbocycles. The molecule has 0 aromatic heterocycles. The average Bonchev–Trinajstić information content (AvgIpc) is 2.36. The Kier molecular flexibility index (Phi) is 4.04. The first-order valence-electron chi connectivity index (χ1n) is 6.49. The summed E-state index contributed by atoms with van der Waals surface area (Å²) in [6, 6.07) is 2.73. The summed E-state index contributed by atoms with van der Waals surface area (Å²) in [4.78, 5) is 1.75. The van der Waals surface area contributed by atoms with E-state index in [1.54, 1.807) is 0 Å². The average molecular weight is 301 g/mol. The van der Waals surface area contributed by atoms with Gasteiger partial charge < -0.3 is 10.6 Å². The van der Waals surface area contributed by atoms with Crippen molar-refractivity contribution in [2.24, 2.45) is 0 Å². The van der Waals surface area contributed by atoms with Gasteiger partial charge >= 0.3 is 0 Å². The largest absolute Gasteiger partial charge is 0.399 e. The molecule has 2 rings (SSSR count). The Morgan fingerprint density at radius 2 is 2.00 bits per heavy atom. The SMILES string of the molecule is Cc1cc(N)cc(S(=O)(=O)N2CCN(C)C(C)C2)c1F. The standard InChI is InChI=1S/C13H20FN3O2S/c1-9-6-11(15)7-12(13(9)14)20(18,19)17-5-4-16(3)10(2)8-17/h6-7,10H,4-5,8,15H2,1-3H3. The molecule has 2 N–H and O–H groups in total. The molecule has 0 amide bonds. The van der Waals surface area contributed by atoms with Crippen LogP contribution < -0.4 is 5.73 Å². The molecule has 20 heavy (non-hydrogen) atoms. The number of anilines is 1. The van der Waals surface area contributed by atoms with Gasteiger partial charge in [0.05, 0.1) is 0 Å². The minimum Gasteiger partial charge on any atom is -0.399 e. The van der Waals surface area contributed by atoms with E-state index in [0.29, 0.717) is 19.6 Å². The van der Waals surface area contributed by atoms with Crippen molar-refractivity contribution in [3.05, 3.63) is 23.5 Å². The monoisotopic (exact) mass is 301 g/mol. The lowest BCUT2D eigenvalue weighted by Gasteiger charge is -2.36. The summed E-state index contributed by atoms with van der Waals surface area (Å²) in [7, 11) is -1.90. The molecule has 1 unspecified atom stereocenters. The first kappa shape index (κ1) is 15.2. The van der Waals surface area contributed by atoms with Crippen LogP contribution >= 0.6 is 0 Å². The molecular formula is C13H20FN3O2S.